The summed E-state index contributed by atoms with van der Waals surface area (Å²) in [5, 5.41) is 2.96. The Hall–Kier alpha value is -0.0000000000000000833. The summed E-state index contributed by atoms with van der Waals surface area (Å²) >= 11 is 6.72. The maximum atomic E-state index is 11.8. The van der Waals surface area contributed by atoms with Crippen LogP contribution in [0, 0.1) is 12.8 Å². The van der Waals surface area contributed by atoms with Crippen LogP contribution in [0.5, 0.6) is 0 Å². The highest BCUT2D eigenvalue weighted by atomic mass is 79.9. The standard InChI is InChI=1S/C11H16BrNOS2/c1-7(6-15-3)5-13-11(14)9-4-8(2)10(12)16-9/h4,7H,5-6H2,1-3H3,(H,13,14). The van der Waals surface area contributed by atoms with Gasteiger partial charge in [0.25, 0.3) is 5.91 Å². The quantitative estimate of drug-likeness (QED) is 0.898. The molecule has 90 valence electrons. The fourth-order valence-electron chi connectivity index (χ4n) is 1.27. The van der Waals surface area contributed by atoms with Crippen LogP contribution in [0.4, 0.5) is 0 Å². The molecule has 5 heteroatoms. The SMILES string of the molecule is CSCC(C)CNC(=O)c1cc(C)c(Br)s1. The van der Waals surface area contributed by atoms with E-state index in [0.29, 0.717) is 5.92 Å². The lowest BCUT2D eigenvalue weighted by atomic mass is 10.2. The van der Waals surface area contributed by atoms with Crippen LogP contribution < -0.4 is 5.32 Å². The predicted molar refractivity (Wildman–Crippen MR) is 76.6 cm³/mol. The van der Waals surface area contributed by atoms with E-state index in [1.807, 2.05) is 24.8 Å². The Balaban J connectivity index is 2.46. The number of amides is 1. The van der Waals surface area contributed by atoms with E-state index in [1.54, 1.807) is 0 Å². The van der Waals surface area contributed by atoms with Gasteiger partial charge in [-0.05, 0) is 52.4 Å². The summed E-state index contributed by atoms with van der Waals surface area (Å²) in [5.41, 5.74) is 1.12. The van der Waals surface area contributed by atoms with Crippen LogP contribution in [0.3, 0.4) is 0 Å². The summed E-state index contributed by atoms with van der Waals surface area (Å²) in [6.07, 6.45) is 2.08. The number of carbonyl (C=O) groups is 1. The lowest BCUT2D eigenvalue weighted by Gasteiger charge is -2.10. The normalized spacial score (nSPS) is 12.5. The highest BCUT2D eigenvalue weighted by Gasteiger charge is 2.11. The van der Waals surface area contributed by atoms with Crippen LogP contribution in [0.25, 0.3) is 0 Å². The number of hydrogen-bond donors (Lipinski definition) is 1. The van der Waals surface area contributed by atoms with Crippen molar-refractivity contribution in [2.45, 2.75) is 13.8 Å². The van der Waals surface area contributed by atoms with Crippen molar-refractivity contribution in [3.63, 3.8) is 0 Å². The third kappa shape index (κ3) is 4.11. The van der Waals surface area contributed by atoms with Crippen molar-refractivity contribution in [1.29, 1.82) is 0 Å². The Morgan fingerprint density at radius 1 is 1.69 bits per heavy atom. The summed E-state index contributed by atoms with van der Waals surface area (Å²) in [6, 6.07) is 1.92. The van der Waals surface area contributed by atoms with Crippen LogP contribution in [0.1, 0.15) is 22.2 Å². The number of rotatable bonds is 5. The van der Waals surface area contributed by atoms with Crippen LogP contribution in [-0.2, 0) is 0 Å². The molecule has 0 saturated heterocycles. The second-order valence-corrected chi connectivity index (χ2v) is 7.12. The zero-order valence-corrected chi connectivity index (χ0v) is 12.9. The van der Waals surface area contributed by atoms with Gasteiger partial charge in [-0.1, -0.05) is 6.92 Å². The fraction of sp³-hybridized carbons (Fsp3) is 0.545. The van der Waals surface area contributed by atoms with Gasteiger partial charge in [-0.3, -0.25) is 4.79 Å². The second-order valence-electron chi connectivity index (χ2n) is 3.84. The zero-order valence-electron chi connectivity index (χ0n) is 9.67. The monoisotopic (exact) mass is 321 g/mol. The van der Waals surface area contributed by atoms with Gasteiger partial charge >= 0.3 is 0 Å². The van der Waals surface area contributed by atoms with Gasteiger partial charge in [-0.25, -0.2) is 0 Å². The van der Waals surface area contributed by atoms with E-state index >= 15 is 0 Å². The van der Waals surface area contributed by atoms with Crippen molar-refractivity contribution >= 4 is 44.9 Å². The number of nitrogens with one attached hydrogen (secondary N) is 1. The van der Waals surface area contributed by atoms with Crippen molar-refractivity contribution in [1.82, 2.24) is 5.32 Å². The van der Waals surface area contributed by atoms with E-state index in [-0.39, 0.29) is 5.91 Å². The lowest BCUT2D eigenvalue weighted by Crippen LogP contribution is -2.28. The fourth-order valence-corrected chi connectivity index (χ4v) is 3.41. The van der Waals surface area contributed by atoms with Gasteiger partial charge in [-0.15, -0.1) is 11.3 Å². The van der Waals surface area contributed by atoms with Crippen molar-refractivity contribution in [2.24, 2.45) is 5.92 Å². The van der Waals surface area contributed by atoms with Gasteiger partial charge in [0.05, 0.1) is 8.66 Å². The van der Waals surface area contributed by atoms with E-state index in [2.05, 4.69) is 34.4 Å². The zero-order chi connectivity index (χ0) is 12.1. The van der Waals surface area contributed by atoms with Crippen LogP contribution >= 0.6 is 39.0 Å². The van der Waals surface area contributed by atoms with Crippen LogP contribution in [0.2, 0.25) is 0 Å². The number of thioether (sulfide) groups is 1. The first kappa shape index (κ1) is 14.1. The molecule has 2 nitrogen and oxygen atoms in total. The van der Waals surface area contributed by atoms with Gasteiger partial charge in [0.15, 0.2) is 0 Å². The molecule has 16 heavy (non-hydrogen) atoms. The molecule has 1 amide bonds. The van der Waals surface area contributed by atoms with E-state index in [0.717, 1.165) is 26.5 Å². The highest BCUT2D eigenvalue weighted by Crippen LogP contribution is 2.27. The maximum Gasteiger partial charge on any atom is 0.261 e. The molecule has 1 rings (SSSR count). The number of thiophene rings is 1. The Morgan fingerprint density at radius 2 is 2.38 bits per heavy atom. The number of hydrogen-bond acceptors (Lipinski definition) is 3. The molecule has 1 atom stereocenters. The van der Waals surface area contributed by atoms with Gasteiger partial charge in [0, 0.05) is 6.54 Å². The van der Waals surface area contributed by atoms with Gasteiger partial charge < -0.3 is 5.32 Å². The molecule has 0 bridgehead atoms. The molecular formula is C11H16BrNOS2. The predicted octanol–water partition coefficient (Wildman–Crippen LogP) is 3.55. The Bertz CT molecular complexity index is 345. The van der Waals surface area contributed by atoms with Gasteiger partial charge in [0.2, 0.25) is 0 Å². The van der Waals surface area contributed by atoms with Gasteiger partial charge in [0.1, 0.15) is 0 Å². The molecule has 0 radical (unpaired) electrons. The molecule has 1 heterocycles. The molecule has 0 aliphatic rings. The average molecular weight is 322 g/mol. The minimum atomic E-state index is 0.0340. The molecule has 0 aliphatic heterocycles. The van der Waals surface area contributed by atoms with Crippen molar-refractivity contribution < 1.29 is 4.79 Å². The van der Waals surface area contributed by atoms with Crippen LogP contribution in [-0.4, -0.2) is 24.5 Å². The Kier molecular flexibility index (Phi) is 5.86. The number of aryl methyl sites for hydroxylation is 1. The second kappa shape index (κ2) is 6.67. The first-order valence-electron chi connectivity index (χ1n) is 5.07. The average Bonchev–Trinajstić information content (AvgIpc) is 2.56. The number of carbonyl (C=O) groups excluding carboxylic acids is 1. The van der Waals surface area contributed by atoms with Crippen molar-refractivity contribution in [2.75, 3.05) is 18.6 Å². The lowest BCUT2D eigenvalue weighted by molar-refractivity contribution is 0.0953. The largest absolute Gasteiger partial charge is 0.351 e. The minimum absolute atomic E-state index is 0.0340. The molecule has 1 aromatic rings. The molecule has 0 aromatic carbocycles. The summed E-state index contributed by atoms with van der Waals surface area (Å²) < 4.78 is 1.04. The third-order valence-electron chi connectivity index (χ3n) is 2.14. The topological polar surface area (TPSA) is 29.1 Å². The summed E-state index contributed by atoms with van der Waals surface area (Å²) in [4.78, 5) is 12.6. The molecule has 1 unspecified atom stereocenters. The first-order valence-corrected chi connectivity index (χ1v) is 8.08. The minimum Gasteiger partial charge on any atom is -0.351 e. The molecule has 0 spiro atoms. The van der Waals surface area contributed by atoms with Crippen molar-refractivity contribution in [3.05, 3.63) is 20.3 Å². The van der Waals surface area contributed by atoms with E-state index in [1.165, 1.54) is 11.3 Å². The molecule has 1 N–H and O–H groups in total. The maximum absolute atomic E-state index is 11.8. The third-order valence-corrected chi connectivity index (χ3v) is 5.18. The molecule has 0 saturated carbocycles. The van der Waals surface area contributed by atoms with Gasteiger partial charge in [-0.2, -0.15) is 11.8 Å². The smallest absolute Gasteiger partial charge is 0.261 e. The molecule has 1 aromatic heterocycles. The Morgan fingerprint density at radius 3 is 2.88 bits per heavy atom. The summed E-state index contributed by atoms with van der Waals surface area (Å²) in [7, 11) is 0. The van der Waals surface area contributed by atoms with Crippen LogP contribution in [0.15, 0.2) is 9.85 Å². The summed E-state index contributed by atoms with van der Waals surface area (Å²) in [5.74, 6) is 1.63. The summed E-state index contributed by atoms with van der Waals surface area (Å²) in [6.45, 7) is 4.88. The highest BCUT2D eigenvalue weighted by molar-refractivity contribution is 9.11. The molecule has 0 fully saturated rings. The molecular weight excluding hydrogens is 306 g/mol. The molecule has 0 aliphatic carbocycles. The van der Waals surface area contributed by atoms with Crippen molar-refractivity contribution in [3.8, 4) is 0 Å². The van der Waals surface area contributed by atoms with E-state index in [4.69, 9.17) is 0 Å². The van der Waals surface area contributed by atoms with E-state index < -0.39 is 0 Å². The first-order chi connectivity index (χ1) is 7.54. The number of halogens is 1. The Labute approximate surface area is 113 Å². The van der Waals surface area contributed by atoms with E-state index in [9.17, 15) is 4.79 Å².